The van der Waals surface area contributed by atoms with Gasteiger partial charge in [0.25, 0.3) is 0 Å². The molecule has 0 unspecified atom stereocenters. The van der Waals surface area contributed by atoms with Crippen molar-refractivity contribution in [2.75, 3.05) is 0 Å². The van der Waals surface area contributed by atoms with Gasteiger partial charge >= 0.3 is 5.97 Å². The maximum Gasteiger partial charge on any atom is 0.303 e. The first-order valence-corrected chi connectivity index (χ1v) is 7.97. The van der Waals surface area contributed by atoms with E-state index in [1.54, 1.807) is 12.1 Å². The number of carbonyl (C=O) groups is 2. The number of hydrogen-bond donors (Lipinski definition) is 1. The molecule has 0 aromatic heterocycles. The smallest absolute Gasteiger partial charge is 0.303 e. The number of hydrazone groups is 1. The number of rotatable bonds is 5. The van der Waals surface area contributed by atoms with Crippen molar-refractivity contribution in [2.45, 2.75) is 25.3 Å². The van der Waals surface area contributed by atoms with Crippen molar-refractivity contribution in [2.24, 2.45) is 5.10 Å². The van der Waals surface area contributed by atoms with Crippen LogP contribution < -0.4 is 0 Å². The third-order valence-corrected chi connectivity index (χ3v) is 4.06. The van der Waals surface area contributed by atoms with Crippen LogP contribution in [0, 0.1) is 5.82 Å². The number of aliphatic carboxylic acids is 1. The summed E-state index contributed by atoms with van der Waals surface area (Å²) in [4.78, 5) is 23.2. The Morgan fingerprint density at radius 2 is 1.88 bits per heavy atom. The number of nitrogens with zero attached hydrogens (tertiary/aromatic N) is 2. The monoisotopic (exact) mass is 340 g/mol. The van der Waals surface area contributed by atoms with Gasteiger partial charge in [-0.2, -0.15) is 5.10 Å². The molecule has 3 rings (SSSR count). The predicted octanol–water partition coefficient (Wildman–Crippen LogP) is 3.37. The van der Waals surface area contributed by atoms with Gasteiger partial charge in [-0.25, -0.2) is 9.40 Å². The van der Waals surface area contributed by atoms with E-state index >= 15 is 0 Å². The van der Waals surface area contributed by atoms with E-state index in [4.69, 9.17) is 5.11 Å². The highest BCUT2D eigenvalue weighted by molar-refractivity contribution is 6.03. The van der Waals surface area contributed by atoms with E-state index in [1.807, 2.05) is 30.3 Å². The molecule has 0 saturated heterocycles. The number of benzene rings is 2. The van der Waals surface area contributed by atoms with Crippen LogP contribution in [0.5, 0.6) is 0 Å². The lowest BCUT2D eigenvalue weighted by molar-refractivity contribution is -0.141. The summed E-state index contributed by atoms with van der Waals surface area (Å²) in [6.45, 7) is 0. The van der Waals surface area contributed by atoms with Crippen molar-refractivity contribution in [3.8, 4) is 0 Å². The zero-order valence-corrected chi connectivity index (χ0v) is 13.4. The second kappa shape index (κ2) is 7.25. The van der Waals surface area contributed by atoms with Crippen LogP contribution >= 0.6 is 0 Å². The molecule has 1 amide bonds. The number of hydrogen-bond acceptors (Lipinski definition) is 3. The van der Waals surface area contributed by atoms with Gasteiger partial charge in [-0.1, -0.05) is 42.5 Å². The van der Waals surface area contributed by atoms with E-state index < -0.39 is 5.97 Å². The number of carboxylic acids is 1. The van der Waals surface area contributed by atoms with Crippen LogP contribution in [0.4, 0.5) is 4.39 Å². The van der Waals surface area contributed by atoms with Gasteiger partial charge in [-0.15, -0.1) is 0 Å². The Morgan fingerprint density at radius 1 is 1.12 bits per heavy atom. The highest BCUT2D eigenvalue weighted by atomic mass is 19.1. The van der Waals surface area contributed by atoms with E-state index in [2.05, 4.69) is 5.10 Å². The molecule has 0 spiro atoms. The predicted molar refractivity (Wildman–Crippen MR) is 90.5 cm³/mol. The quantitative estimate of drug-likeness (QED) is 0.907. The van der Waals surface area contributed by atoms with Crippen LogP contribution in [0.1, 0.15) is 36.4 Å². The van der Waals surface area contributed by atoms with Gasteiger partial charge in [0.2, 0.25) is 5.91 Å². The van der Waals surface area contributed by atoms with E-state index in [-0.39, 0.29) is 30.6 Å². The molecule has 1 heterocycles. The summed E-state index contributed by atoms with van der Waals surface area (Å²) in [6, 6.07) is 15.2. The number of carbonyl (C=O) groups excluding carboxylic acids is 1. The summed E-state index contributed by atoms with van der Waals surface area (Å²) in [5.41, 5.74) is 2.13. The zero-order chi connectivity index (χ0) is 17.8. The molecule has 6 heteroatoms. The van der Waals surface area contributed by atoms with Crippen molar-refractivity contribution >= 4 is 17.6 Å². The molecule has 0 radical (unpaired) electrons. The first kappa shape index (κ1) is 16.8. The lowest BCUT2D eigenvalue weighted by atomic mass is 9.98. The lowest BCUT2D eigenvalue weighted by Gasteiger charge is -2.21. The fourth-order valence-electron chi connectivity index (χ4n) is 2.85. The highest BCUT2D eigenvalue weighted by Crippen LogP contribution is 2.33. The molecule has 5 nitrogen and oxygen atoms in total. The van der Waals surface area contributed by atoms with Crippen LogP contribution in [-0.4, -0.2) is 27.7 Å². The summed E-state index contributed by atoms with van der Waals surface area (Å²) < 4.78 is 13.5. The summed E-state index contributed by atoms with van der Waals surface area (Å²) in [5.74, 6) is -1.76. The summed E-state index contributed by atoms with van der Waals surface area (Å²) in [6.07, 6.45) is 0.0759. The Labute approximate surface area is 144 Å². The average Bonchev–Trinajstić information content (AvgIpc) is 3.06. The molecule has 0 fully saturated rings. The largest absolute Gasteiger partial charge is 0.481 e. The molecule has 0 bridgehead atoms. The van der Waals surface area contributed by atoms with Crippen LogP contribution in [0.2, 0.25) is 0 Å². The summed E-state index contributed by atoms with van der Waals surface area (Å²) in [5, 5.41) is 14.5. The van der Waals surface area contributed by atoms with Crippen molar-refractivity contribution in [3.05, 3.63) is 71.5 Å². The number of carboxylic acid groups (broad SMARTS) is 1. The Kier molecular flexibility index (Phi) is 4.88. The summed E-state index contributed by atoms with van der Waals surface area (Å²) >= 11 is 0. The van der Waals surface area contributed by atoms with Crippen LogP contribution in [0.3, 0.4) is 0 Å². The number of amides is 1. The molecule has 1 aliphatic heterocycles. The Hall–Kier alpha value is -3.02. The Balaban J connectivity index is 1.90. The van der Waals surface area contributed by atoms with Crippen LogP contribution in [0.15, 0.2) is 59.7 Å². The van der Waals surface area contributed by atoms with Gasteiger partial charge in [-0.3, -0.25) is 9.59 Å². The highest BCUT2D eigenvalue weighted by Gasteiger charge is 2.33. The molecule has 25 heavy (non-hydrogen) atoms. The SMILES string of the molecule is O=C(O)CCC(=O)N1N=C(c2cccc(F)c2)C[C@H]1c1ccccc1. The van der Waals surface area contributed by atoms with Gasteiger partial charge in [0.05, 0.1) is 18.2 Å². The standard InChI is InChI=1S/C19H17FN2O3/c20-15-8-4-7-14(11-15)16-12-17(13-5-2-1-3-6-13)22(21-16)18(23)9-10-19(24)25/h1-8,11,17H,9-10,12H2,(H,24,25)/t17-/m0/s1. The van der Waals surface area contributed by atoms with Crippen molar-refractivity contribution in [1.82, 2.24) is 5.01 Å². The second-order valence-corrected chi connectivity index (χ2v) is 5.82. The normalized spacial score (nSPS) is 16.6. The third-order valence-electron chi connectivity index (χ3n) is 4.06. The Morgan fingerprint density at radius 3 is 2.56 bits per heavy atom. The minimum Gasteiger partial charge on any atom is -0.481 e. The van der Waals surface area contributed by atoms with Crippen molar-refractivity contribution in [3.63, 3.8) is 0 Å². The number of halogens is 1. The first-order chi connectivity index (χ1) is 12.0. The van der Waals surface area contributed by atoms with Gasteiger partial charge in [-0.05, 0) is 17.7 Å². The Bertz CT molecular complexity index is 820. The molecular weight excluding hydrogens is 323 g/mol. The van der Waals surface area contributed by atoms with E-state index in [0.717, 1.165) is 5.56 Å². The van der Waals surface area contributed by atoms with E-state index in [9.17, 15) is 14.0 Å². The van der Waals surface area contributed by atoms with Crippen molar-refractivity contribution < 1.29 is 19.1 Å². The fraction of sp³-hybridized carbons (Fsp3) is 0.211. The molecule has 1 N–H and O–H groups in total. The summed E-state index contributed by atoms with van der Waals surface area (Å²) in [7, 11) is 0. The van der Waals surface area contributed by atoms with Gasteiger partial charge in [0, 0.05) is 18.4 Å². The second-order valence-electron chi connectivity index (χ2n) is 5.82. The molecule has 1 atom stereocenters. The minimum atomic E-state index is -1.03. The molecule has 0 saturated carbocycles. The van der Waals surface area contributed by atoms with Crippen molar-refractivity contribution in [1.29, 1.82) is 0 Å². The molecular formula is C19H17FN2O3. The first-order valence-electron chi connectivity index (χ1n) is 7.97. The maximum atomic E-state index is 13.5. The molecule has 1 aliphatic rings. The molecule has 2 aromatic carbocycles. The van der Waals surface area contributed by atoms with Gasteiger partial charge in [0.1, 0.15) is 5.82 Å². The van der Waals surface area contributed by atoms with Gasteiger partial charge < -0.3 is 5.11 Å². The molecule has 0 aliphatic carbocycles. The minimum absolute atomic E-state index is 0.126. The third kappa shape index (κ3) is 3.91. The van der Waals surface area contributed by atoms with E-state index in [0.29, 0.717) is 17.7 Å². The zero-order valence-electron chi connectivity index (χ0n) is 13.4. The van der Waals surface area contributed by atoms with Crippen LogP contribution in [-0.2, 0) is 9.59 Å². The molecule has 128 valence electrons. The maximum absolute atomic E-state index is 13.5. The lowest BCUT2D eigenvalue weighted by Crippen LogP contribution is -2.27. The van der Waals surface area contributed by atoms with Gasteiger partial charge in [0.15, 0.2) is 0 Å². The van der Waals surface area contributed by atoms with E-state index in [1.165, 1.54) is 17.1 Å². The topological polar surface area (TPSA) is 70.0 Å². The molecule has 2 aromatic rings. The average molecular weight is 340 g/mol. The fourth-order valence-corrected chi connectivity index (χ4v) is 2.85. The van der Waals surface area contributed by atoms with Crippen LogP contribution in [0.25, 0.3) is 0 Å².